The SMILES string of the molecule is OCc1nc(N2CC3CCC2C3)ccc1Cl. The van der Waals surface area contributed by atoms with Crippen LogP contribution in [0.25, 0.3) is 0 Å². The minimum Gasteiger partial charge on any atom is -0.390 e. The number of piperidine rings is 1. The highest BCUT2D eigenvalue weighted by atomic mass is 35.5. The molecule has 1 aliphatic carbocycles. The van der Waals surface area contributed by atoms with Crippen molar-refractivity contribution in [3.8, 4) is 0 Å². The van der Waals surface area contributed by atoms with Gasteiger partial charge in [0.1, 0.15) is 5.82 Å². The summed E-state index contributed by atoms with van der Waals surface area (Å²) in [6.07, 6.45) is 3.95. The smallest absolute Gasteiger partial charge is 0.129 e. The van der Waals surface area contributed by atoms with Gasteiger partial charge in [-0.15, -0.1) is 0 Å². The molecule has 3 nitrogen and oxygen atoms in total. The first-order valence-corrected chi connectivity index (χ1v) is 6.18. The highest BCUT2D eigenvalue weighted by Gasteiger charge is 2.38. The van der Waals surface area contributed by atoms with Crippen LogP contribution < -0.4 is 4.90 Å². The van der Waals surface area contributed by atoms with Gasteiger partial charge in [-0.05, 0) is 37.3 Å². The van der Waals surface area contributed by atoms with Crippen molar-refractivity contribution in [2.45, 2.75) is 31.9 Å². The topological polar surface area (TPSA) is 36.4 Å². The van der Waals surface area contributed by atoms with Crippen molar-refractivity contribution < 1.29 is 5.11 Å². The molecule has 2 fully saturated rings. The molecular formula is C12H15ClN2O. The van der Waals surface area contributed by atoms with E-state index in [4.69, 9.17) is 16.7 Å². The Balaban J connectivity index is 1.89. The van der Waals surface area contributed by atoms with E-state index < -0.39 is 0 Å². The second-order valence-corrected chi connectivity index (χ2v) is 5.15. The van der Waals surface area contributed by atoms with Crippen LogP contribution in [-0.4, -0.2) is 22.7 Å². The monoisotopic (exact) mass is 238 g/mol. The van der Waals surface area contributed by atoms with Crippen LogP contribution in [0.1, 0.15) is 25.0 Å². The van der Waals surface area contributed by atoms with Gasteiger partial charge < -0.3 is 10.0 Å². The van der Waals surface area contributed by atoms with E-state index in [9.17, 15) is 0 Å². The number of aromatic nitrogens is 1. The second kappa shape index (κ2) is 3.90. The summed E-state index contributed by atoms with van der Waals surface area (Å²) in [5.41, 5.74) is 0.585. The van der Waals surface area contributed by atoms with Crippen LogP contribution in [0.3, 0.4) is 0 Å². The fraction of sp³-hybridized carbons (Fsp3) is 0.583. The van der Waals surface area contributed by atoms with Crippen LogP contribution in [0.5, 0.6) is 0 Å². The molecule has 1 aliphatic heterocycles. The highest BCUT2D eigenvalue weighted by Crippen LogP contribution is 2.39. The number of pyridine rings is 1. The molecule has 0 aromatic carbocycles. The number of hydrogen-bond donors (Lipinski definition) is 1. The molecule has 1 aromatic rings. The maximum atomic E-state index is 9.15. The van der Waals surface area contributed by atoms with Crippen LogP contribution in [-0.2, 0) is 6.61 Å². The average molecular weight is 239 g/mol. The zero-order chi connectivity index (χ0) is 11.1. The largest absolute Gasteiger partial charge is 0.390 e. The molecule has 4 heteroatoms. The van der Waals surface area contributed by atoms with Gasteiger partial charge in [0.05, 0.1) is 17.3 Å². The number of aliphatic hydroxyl groups excluding tert-OH is 1. The van der Waals surface area contributed by atoms with Gasteiger partial charge >= 0.3 is 0 Å². The van der Waals surface area contributed by atoms with Crippen LogP contribution in [0.15, 0.2) is 12.1 Å². The fourth-order valence-electron chi connectivity index (χ4n) is 2.95. The van der Waals surface area contributed by atoms with E-state index in [1.807, 2.05) is 12.1 Å². The van der Waals surface area contributed by atoms with Gasteiger partial charge in [-0.1, -0.05) is 11.6 Å². The fourth-order valence-corrected chi connectivity index (χ4v) is 3.11. The normalized spacial score (nSPS) is 27.8. The number of nitrogens with zero attached hydrogens (tertiary/aromatic N) is 2. The molecule has 0 radical (unpaired) electrons. The summed E-state index contributed by atoms with van der Waals surface area (Å²) in [5.74, 6) is 1.82. The van der Waals surface area contributed by atoms with Gasteiger partial charge in [-0.25, -0.2) is 4.98 Å². The van der Waals surface area contributed by atoms with E-state index in [0.717, 1.165) is 18.3 Å². The summed E-state index contributed by atoms with van der Waals surface area (Å²) in [7, 11) is 0. The Morgan fingerprint density at radius 1 is 1.44 bits per heavy atom. The maximum Gasteiger partial charge on any atom is 0.129 e. The summed E-state index contributed by atoms with van der Waals surface area (Å²) in [6, 6.07) is 4.45. The van der Waals surface area contributed by atoms with Gasteiger partial charge in [0.2, 0.25) is 0 Å². The van der Waals surface area contributed by atoms with Crippen molar-refractivity contribution in [1.29, 1.82) is 0 Å². The number of halogens is 1. The molecule has 2 atom stereocenters. The summed E-state index contributed by atoms with van der Waals surface area (Å²) in [5, 5.41) is 9.70. The molecular weight excluding hydrogens is 224 g/mol. The number of hydrogen-bond acceptors (Lipinski definition) is 3. The first kappa shape index (κ1) is 10.4. The number of fused-ring (bicyclic) bond motifs is 2. The van der Waals surface area contributed by atoms with E-state index in [0.29, 0.717) is 16.8 Å². The van der Waals surface area contributed by atoms with Gasteiger partial charge in [-0.3, -0.25) is 0 Å². The molecule has 0 spiro atoms. The molecule has 0 amide bonds. The second-order valence-electron chi connectivity index (χ2n) is 4.74. The third-order valence-corrected chi connectivity index (χ3v) is 4.10. The lowest BCUT2D eigenvalue weighted by molar-refractivity contribution is 0.277. The lowest BCUT2D eigenvalue weighted by Crippen LogP contribution is -2.32. The van der Waals surface area contributed by atoms with Gasteiger partial charge in [-0.2, -0.15) is 0 Å². The number of rotatable bonds is 2. The summed E-state index contributed by atoms with van der Waals surface area (Å²) in [4.78, 5) is 6.80. The summed E-state index contributed by atoms with van der Waals surface area (Å²) in [6.45, 7) is 1.03. The third-order valence-electron chi connectivity index (χ3n) is 3.76. The standard InChI is InChI=1S/C12H15ClN2O/c13-10-3-4-12(14-11(10)7-16)15-6-8-1-2-9(15)5-8/h3-4,8-9,16H,1-2,5-7H2. The molecule has 1 N–H and O–H groups in total. The Labute approximate surface area is 100 Å². The number of anilines is 1. The van der Waals surface area contributed by atoms with Crippen LogP contribution in [0.4, 0.5) is 5.82 Å². The Morgan fingerprint density at radius 3 is 2.94 bits per heavy atom. The molecule has 1 saturated heterocycles. The molecule has 1 saturated carbocycles. The molecule has 2 heterocycles. The zero-order valence-corrected chi connectivity index (χ0v) is 9.82. The third kappa shape index (κ3) is 1.59. The summed E-state index contributed by atoms with van der Waals surface area (Å²) < 4.78 is 0. The van der Waals surface area contributed by atoms with E-state index in [2.05, 4.69) is 9.88 Å². The Morgan fingerprint density at radius 2 is 2.31 bits per heavy atom. The van der Waals surface area contributed by atoms with E-state index in [-0.39, 0.29) is 6.61 Å². The number of aliphatic hydroxyl groups is 1. The lowest BCUT2D eigenvalue weighted by Gasteiger charge is -2.28. The maximum absolute atomic E-state index is 9.15. The van der Waals surface area contributed by atoms with Gasteiger partial charge in [0, 0.05) is 12.6 Å². The molecule has 86 valence electrons. The Kier molecular flexibility index (Phi) is 2.52. The summed E-state index contributed by atoms with van der Waals surface area (Å²) >= 11 is 5.94. The van der Waals surface area contributed by atoms with Crippen molar-refractivity contribution in [2.24, 2.45) is 5.92 Å². The van der Waals surface area contributed by atoms with Crippen molar-refractivity contribution in [2.75, 3.05) is 11.4 Å². The molecule has 2 aliphatic rings. The van der Waals surface area contributed by atoms with E-state index in [1.54, 1.807) is 0 Å². The Bertz CT molecular complexity index is 410. The van der Waals surface area contributed by atoms with Crippen LogP contribution in [0.2, 0.25) is 5.02 Å². The predicted molar refractivity (Wildman–Crippen MR) is 63.6 cm³/mol. The van der Waals surface area contributed by atoms with Crippen LogP contribution in [0, 0.1) is 5.92 Å². The molecule has 1 aromatic heterocycles. The first-order chi connectivity index (χ1) is 7.78. The van der Waals surface area contributed by atoms with Crippen molar-refractivity contribution in [1.82, 2.24) is 4.98 Å². The molecule has 2 unspecified atom stereocenters. The predicted octanol–water partition coefficient (Wildman–Crippen LogP) is 2.22. The van der Waals surface area contributed by atoms with Crippen LogP contribution >= 0.6 is 11.6 Å². The van der Waals surface area contributed by atoms with Gasteiger partial charge in [0.15, 0.2) is 0 Å². The van der Waals surface area contributed by atoms with Gasteiger partial charge in [0.25, 0.3) is 0 Å². The molecule has 3 rings (SSSR count). The quantitative estimate of drug-likeness (QED) is 0.858. The van der Waals surface area contributed by atoms with Crippen molar-refractivity contribution >= 4 is 17.4 Å². The lowest BCUT2D eigenvalue weighted by atomic mass is 10.1. The first-order valence-electron chi connectivity index (χ1n) is 5.81. The molecule has 2 bridgehead atoms. The minimum absolute atomic E-state index is 0.0887. The van der Waals surface area contributed by atoms with E-state index in [1.165, 1.54) is 19.3 Å². The highest BCUT2D eigenvalue weighted by molar-refractivity contribution is 6.31. The Hall–Kier alpha value is -0.800. The average Bonchev–Trinajstić information content (AvgIpc) is 2.91. The minimum atomic E-state index is -0.0887. The van der Waals surface area contributed by atoms with Crippen molar-refractivity contribution in [3.05, 3.63) is 22.8 Å². The zero-order valence-electron chi connectivity index (χ0n) is 9.06. The van der Waals surface area contributed by atoms with Crippen molar-refractivity contribution in [3.63, 3.8) is 0 Å². The van der Waals surface area contributed by atoms with E-state index >= 15 is 0 Å². The molecule has 16 heavy (non-hydrogen) atoms.